The van der Waals surface area contributed by atoms with Gasteiger partial charge in [-0.25, -0.2) is 9.97 Å². The second-order valence-corrected chi connectivity index (χ2v) is 12.5. The Balaban J connectivity index is 1.28. The molecule has 0 saturated heterocycles. The fourth-order valence-electron chi connectivity index (χ4n) is 7.41. The van der Waals surface area contributed by atoms with Gasteiger partial charge in [0, 0.05) is 43.9 Å². The largest absolute Gasteiger partial charge is 0.455 e. The molecule has 0 bridgehead atoms. The van der Waals surface area contributed by atoms with Crippen LogP contribution < -0.4 is 0 Å². The SMILES string of the molecule is N#Cc1c(-c2ccc3ccccc3c2)nc(-c2ccccc2)nc1-c1cccc2c1oc1ccc3c(c4ccccc4n3-c3ccccc3)c12. The number of furan rings is 1. The van der Waals surface area contributed by atoms with Crippen molar-refractivity contribution in [1.29, 1.82) is 5.26 Å². The lowest BCUT2D eigenvalue weighted by Gasteiger charge is -2.13. The third kappa shape index (κ3) is 4.19. The topological polar surface area (TPSA) is 67.6 Å². The van der Waals surface area contributed by atoms with Crippen molar-refractivity contribution >= 4 is 54.5 Å². The Labute approximate surface area is 286 Å². The van der Waals surface area contributed by atoms with E-state index in [1.54, 1.807) is 0 Å². The van der Waals surface area contributed by atoms with Crippen LogP contribution in [0.4, 0.5) is 0 Å². The van der Waals surface area contributed by atoms with Crippen LogP contribution in [0.1, 0.15) is 5.56 Å². The molecule has 10 rings (SSSR count). The standard InChI is InChI=1S/C45H26N4O/c46-27-36-42(31-23-22-28-12-7-8-15-30(28)26-31)47-45(29-13-3-1-4-14-29)48-43(36)35-20-11-19-34-41-39(50-44(34)35)25-24-38-40(41)33-18-9-10-21-37(33)49(38)32-16-5-2-6-17-32/h1-26H. The second-order valence-electron chi connectivity index (χ2n) is 12.5. The molecular weight excluding hydrogens is 613 g/mol. The molecule has 5 nitrogen and oxygen atoms in total. The van der Waals surface area contributed by atoms with E-state index < -0.39 is 0 Å². The monoisotopic (exact) mass is 638 g/mol. The fraction of sp³-hybridized carbons (Fsp3) is 0. The van der Waals surface area contributed by atoms with Gasteiger partial charge in [0.2, 0.25) is 0 Å². The van der Waals surface area contributed by atoms with Crippen LogP contribution in [0.15, 0.2) is 162 Å². The van der Waals surface area contributed by atoms with E-state index in [-0.39, 0.29) is 0 Å². The Morgan fingerprint density at radius 3 is 2.10 bits per heavy atom. The molecule has 0 aliphatic carbocycles. The van der Waals surface area contributed by atoms with Crippen LogP contribution in [0.5, 0.6) is 0 Å². The summed E-state index contributed by atoms with van der Waals surface area (Å²) in [6, 6.07) is 56.1. The molecule has 3 aromatic heterocycles. The third-order valence-corrected chi connectivity index (χ3v) is 9.64. The van der Waals surface area contributed by atoms with Crippen LogP contribution >= 0.6 is 0 Å². The Kier molecular flexibility index (Phi) is 6.17. The molecule has 0 aliphatic rings. The first-order valence-corrected chi connectivity index (χ1v) is 16.6. The normalized spacial score (nSPS) is 11.6. The summed E-state index contributed by atoms with van der Waals surface area (Å²) in [6.45, 7) is 0. The molecule has 232 valence electrons. The molecule has 0 N–H and O–H groups in total. The number of hydrogen-bond donors (Lipinski definition) is 0. The summed E-state index contributed by atoms with van der Waals surface area (Å²) in [6.07, 6.45) is 0. The molecule has 3 heterocycles. The number of hydrogen-bond acceptors (Lipinski definition) is 4. The number of para-hydroxylation sites is 3. The highest BCUT2D eigenvalue weighted by Gasteiger charge is 2.24. The Hall–Kier alpha value is -7.03. The predicted molar refractivity (Wildman–Crippen MR) is 202 cm³/mol. The van der Waals surface area contributed by atoms with E-state index in [9.17, 15) is 5.26 Å². The maximum absolute atomic E-state index is 10.8. The van der Waals surface area contributed by atoms with Crippen LogP contribution in [0.2, 0.25) is 0 Å². The van der Waals surface area contributed by atoms with Gasteiger partial charge in [-0.3, -0.25) is 0 Å². The summed E-state index contributed by atoms with van der Waals surface area (Å²) in [5.74, 6) is 0.546. The maximum Gasteiger partial charge on any atom is 0.160 e. The van der Waals surface area contributed by atoms with Crippen LogP contribution in [0.3, 0.4) is 0 Å². The van der Waals surface area contributed by atoms with E-state index in [0.717, 1.165) is 71.3 Å². The van der Waals surface area contributed by atoms with Crippen molar-refractivity contribution in [2.75, 3.05) is 0 Å². The Morgan fingerprint density at radius 1 is 0.540 bits per heavy atom. The van der Waals surface area contributed by atoms with E-state index >= 15 is 0 Å². The Bertz CT molecular complexity index is 2990. The van der Waals surface area contributed by atoms with Crippen LogP contribution in [-0.2, 0) is 0 Å². The molecule has 50 heavy (non-hydrogen) atoms. The number of nitriles is 1. The first-order chi connectivity index (χ1) is 24.8. The van der Waals surface area contributed by atoms with Gasteiger partial charge in [-0.1, -0.05) is 115 Å². The first-order valence-electron chi connectivity index (χ1n) is 16.6. The van der Waals surface area contributed by atoms with Crippen LogP contribution in [-0.4, -0.2) is 14.5 Å². The van der Waals surface area contributed by atoms with Gasteiger partial charge < -0.3 is 8.98 Å². The van der Waals surface area contributed by atoms with Gasteiger partial charge in [-0.15, -0.1) is 0 Å². The van der Waals surface area contributed by atoms with E-state index in [2.05, 4.69) is 102 Å². The smallest absolute Gasteiger partial charge is 0.160 e. The molecule has 10 aromatic rings. The summed E-state index contributed by atoms with van der Waals surface area (Å²) < 4.78 is 9.09. The third-order valence-electron chi connectivity index (χ3n) is 9.64. The summed E-state index contributed by atoms with van der Waals surface area (Å²) in [4.78, 5) is 10.2. The maximum atomic E-state index is 10.8. The fourth-order valence-corrected chi connectivity index (χ4v) is 7.41. The molecule has 0 saturated carbocycles. The van der Waals surface area contributed by atoms with Gasteiger partial charge in [-0.05, 0) is 53.2 Å². The molecule has 0 unspecified atom stereocenters. The van der Waals surface area contributed by atoms with E-state index in [1.807, 2.05) is 66.7 Å². The van der Waals surface area contributed by atoms with Gasteiger partial charge in [0.25, 0.3) is 0 Å². The van der Waals surface area contributed by atoms with Crippen LogP contribution in [0.25, 0.3) is 94.1 Å². The summed E-state index contributed by atoms with van der Waals surface area (Å²) in [5, 5.41) is 17.3. The second kappa shape index (κ2) is 11.0. The molecule has 0 amide bonds. The van der Waals surface area contributed by atoms with Crippen molar-refractivity contribution in [3.63, 3.8) is 0 Å². The average Bonchev–Trinajstić information content (AvgIpc) is 3.73. The minimum Gasteiger partial charge on any atom is -0.455 e. The molecule has 0 aliphatic heterocycles. The lowest BCUT2D eigenvalue weighted by molar-refractivity contribution is 0.670. The highest BCUT2D eigenvalue weighted by molar-refractivity contribution is 6.28. The minimum atomic E-state index is 0.402. The van der Waals surface area contributed by atoms with Crippen molar-refractivity contribution < 1.29 is 4.42 Å². The summed E-state index contributed by atoms with van der Waals surface area (Å²) >= 11 is 0. The quantitative estimate of drug-likeness (QED) is 0.192. The molecule has 0 atom stereocenters. The average molecular weight is 639 g/mol. The molecule has 7 aromatic carbocycles. The van der Waals surface area contributed by atoms with Crippen molar-refractivity contribution in [1.82, 2.24) is 14.5 Å². The zero-order valence-corrected chi connectivity index (χ0v) is 26.7. The zero-order valence-electron chi connectivity index (χ0n) is 26.7. The molecular formula is C45H26N4O. The highest BCUT2D eigenvalue weighted by atomic mass is 16.3. The Morgan fingerprint density at radius 2 is 1.26 bits per heavy atom. The molecule has 0 spiro atoms. The number of rotatable bonds is 4. The van der Waals surface area contributed by atoms with E-state index in [0.29, 0.717) is 28.4 Å². The first kappa shape index (κ1) is 28.0. The van der Waals surface area contributed by atoms with Gasteiger partial charge in [0.1, 0.15) is 22.8 Å². The van der Waals surface area contributed by atoms with Gasteiger partial charge in [0.15, 0.2) is 5.82 Å². The predicted octanol–water partition coefficient (Wildman–Crippen LogP) is 11.5. The number of aromatic nitrogens is 3. The van der Waals surface area contributed by atoms with Gasteiger partial charge in [-0.2, -0.15) is 5.26 Å². The lowest BCUT2D eigenvalue weighted by Crippen LogP contribution is -2.01. The summed E-state index contributed by atoms with van der Waals surface area (Å²) in [7, 11) is 0. The highest BCUT2D eigenvalue weighted by Crippen LogP contribution is 2.44. The van der Waals surface area contributed by atoms with E-state index in [1.165, 1.54) is 0 Å². The molecule has 0 fully saturated rings. The van der Waals surface area contributed by atoms with Crippen molar-refractivity contribution in [2.45, 2.75) is 0 Å². The molecule has 0 radical (unpaired) electrons. The van der Waals surface area contributed by atoms with E-state index in [4.69, 9.17) is 14.4 Å². The van der Waals surface area contributed by atoms with Crippen molar-refractivity contribution in [3.8, 4) is 45.7 Å². The zero-order chi connectivity index (χ0) is 33.2. The minimum absolute atomic E-state index is 0.402. The lowest BCUT2D eigenvalue weighted by atomic mass is 9.97. The molecule has 5 heteroatoms. The summed E-state index contributed by atoms with van der Waals surface area (Å²) in [5.41, 5.74) is 8.79. The number of nitrogens with zero attached hydrogens (tertiary/aromatic N) is 4. The van der Waals surface area contributed by atoms with Crippen molar-refractivity contribution in [2.24, 2.45) is 0 Å². The van der Waals surface area contributed by atoms with Gasteiger partial charge in [0.05, 0.1) is 22.4 Å². The van der Waals surface area contributed by atoms with Gasteiger partial charge >= 0.3 is 0 Å². The number of benzene rings is 7. The van der Waals surface area contributed by atoms with Crippen LogP contribution in [0, 0.1) is 11.3 Å². The van der Waals surface area contributed by atoms with Crippen molar-refractivity contribution in [3.05, 3.63) is 163 Å². The number of fused-ring (bicyclic) bond motifs is 8.